The van der Waals surface area contributed by atoms with Crippen molar-refractivity contribution in [3.05, 3.63) is 84.9 Å². The maximum Gasteiger partial charge on any atom is 0.206 e. The Labute approximate surface area is 134 Å². The Balaban J connectivity index is 1.86. The summed E-state index contributed by atoms with van der Waals surface area (Å²) < 4.78 is 25.0. The molecule has 2 nitrogen and oxygen atoms in total. The summed E-state index contributed by atoms with van der Waals surface area (Å²) in [6.07, 6.45) is 0. The van der Waals surface area contributed by atoms with Crippen molar-refractivity contribution in [3.8, 4) is 0 Å². The summed E-state index contributed by atoms with van der Waals surface area (Å²) in [6, 6.07) is 25.5. The normalized spacial score (nSPS) is 11.3. The second kappa shape index (κ2) is 6.38. The summed E-state index contributed by atoms with van der Waals surface area (Å²) >= 11 is 1.61. The van der Waals surface area contributed by atoms with Crippen LogP contribution in [0.2, 0.25) is 0 Å². The van der Waals surface area contributed by atoms with E-state index in [-0.39, 0.29) is 0 Å². The SMILES string of the molecule is O=S(=O)(c1ccccc1)c1ccc(Sc2ccccc2)cc1. The van der Waals surface area contributed by atoms with Crippen LogP contribution >= 0.6 is 11.8 Å². The molecule has 0 aliphatic heterocycles. The highest BCUT2D eigenvalue weighted by molar-refractivity contribution is 7.99. The van der Waals surface area contributed by atoms with Crippen molar-refractivity contribution >= 4 is 21.6 Å². The molecule has 0 N–H and O–H groups in total. The minimum absolute atomic E-state index is 0.316. The van der Waals surface area contributed by atoms with Gasteiger partial charge in [0, 0.05) is 9.79 Å². The zero-order valence-electron chi connectivity index (χ0n) is 11.7. The minimum atomic E-state index is -3.44. The van der Waals surface area contributed by atoms with E-state index >= 15 is 0 Å². The predicted octanol–water partition coefficient (Wildman–Crippen LogP) is 4.67. The molecule has 3 aromatic rings. The highest BCUT2D eigenvalue weighted by Crippen LogP contribution is 2.29. The second-order valence-electron chi connectivity index (χ2n) is 4.70. The van der Waals surface area contributed by atoms with Crippen LogP contribution in [-0.2, 0) is 9.84 Å². The molecule has 0 spiro atoms. The van der Waals surface area contributed by atoms with E-state index < -0.39 is 9.84 Å². The molecule has 3 aromatic carbocycles. The molecule has 0 saturated carbocycles. The van der Waals surface area contributed by atoms with Gasteiger partial charge in [0.2, 0.25) is 9.84 Å². The van der Waals surface area contributed by atoms with E-state index in [1.807, 2.05) is 42.5 Å². The molecule has 0 aliphatic carbocycles. The van der Waals surface area contributed by atoms with Crippen molar-refractivity contribution < 1.29 is 8.42 Å². The van der Waals surface area contributed by atoms with Gasteiger partial charge in [-0.25, -0.2) is 8.42 Å². The fraction of sp³-hybridized carbons (Fsp3) is 0. The van der Waals surface area contributed by atoms with Crippen LogP contribution in [0.5, 0.6) is 0 Å². The Bertz CT molecular complexity index is 841. The van der Waals surface area contributed by atoms with Gasteiger partial charge in [0.1, 0.15) is 0 Å². The lowest BCUT2D eigenvalue weighted by atomic mass is 10.4. The lowest BCUT2D eigenvalue weighted by Gasteiger charge is -2.06. The Morgan fingerprint density at radius 2 is 1.00 bits per heavy atom. The van der Waals surface area contributed by atoms with Crippen LogP contribution in [0, 0.1) is 0 Å². The van der Waals surface area contributed by atoms with E-state index in [9.17, 15) is 8.42 Å². The lowest BCUT2D eigenvalue weighted by molar-refractivity contribution is 0.596. The third-order valence-electron chi connectivity index (χ3n) is 3.17. The first-order chi connectivity index (χ1) is 10.7. The van der Waals surface area contributed by atoms with Crippen molar-refractivity contribution in [2.75, 3.05) is 0 Å². The smallest absolute Gasteiger partial charge is 0.206 e. The molecule has 3 rings (SSSR count). The molecule has 0 amide bonds. The van der Waals surface area contributed by atoms with Crippen LogP contribution in [-0.4, -0.2) is 8.42 Å². The summed E-state index contributed by atoms with van der Waals surface area (Å²) in [5, 5.41) is 0. The van der Waals surface area contributed by atoms with Crippen LogP contribution < -0.4 is 0 Å². The summed E-state index contributed by atoms with van der Waals surface area (Å²) in [5.41, 5.74) is 0. The molecular formula is C18H14O2S2. The molecular weight excluding hydrogens is 312 g/mol. The molecule has 0 aliphatic rings. The molecule has 0 unspecified atom stereocenters. The highest BCUT2D eigenvalue weighted by atomic mass is 32.2. The number of hydrogen-bond acceptors (Lipinski definition) is 3. The van der Waals surface area contributed by atoms with Gasteiger partial charge in [-0.3, -0.25) is 0 Å². The number of sulfone groups is 1. The van der Waals surface area contributed by atoms with E-state index in [1.54, 1.807) is 54.2 Å². The minimum Gasteiger partial charge on any atom is -0.219 e. The Morgan fingerprint density at radius 3 is 1.59 bits per heavy atom. The van der Waals surface area contributed by atoms with Crippen molar-refractivity contribution in [1.82, 2.24) is 0 Å². The molecule has 0 radical (unpaired) electrons. The number of benzene rings is 3. The third kappa shape index (κ3) is 3.24. The first kappa shape index (κ1) is 14.9. The molecule has 0 fully saturated rings. The van der Waals surface area contributed by atoms with Crippen LogP contribution in [0.25, 0.3) is 0 Å². The fourth-order valence-corrected chi connectivity index (χ4v) is 4.17. The van der Waals surface area contributed by atoms with E-state index in [0.717, 1.165) is 9.79 Å². The van der Waals surface area contributed by atoms with Crippen molar-refractivity contribution in [1.29, 1.82) is 0 Å². The molecule has 22 heavy (non-hydrogen) atoms. The number of hydrogen-bond donors (Lipinski definition) is 0. The van der Waals surface area contributed by atoms with Gasteiger partial charge in [0.05, 0.1) is 9.79 Å². The highest BCUT2D eigenvalue weighted by Gasteiger charge is 2.16. The van der Waals surface area contributed by atoms with Crippen molar-refractivity contribution in [3.63, 3.8) is 0 Å². The van der Waals surface area contributed by atoms with Gasteiger partial charge in [0.15, 0.2) is 0 Å². The van der Waals surface area contributed by atoms with Crippen LogP contribution in [0.15, 0.2) is 105 Å². The largest absolute Gasteiger partial charge is 0.219 e. The summed E-state index contributed by atoms with van der Waals surface area (Å²) in [4.78, 5) is 2.77. The zero-order valence-corrected chi connectivity index (χ0v) is 13.3. The molecule has 0 bridgehead atoms. The van der Waals surface area contributed by atoms with Crippen LogP contribution in [0.3, 0.4) is 0 Å². The van der Waals surface area contributed by atoms with E-state index in [4.69, 9.17) is 0 Å². The molecule has 0 atom stereocenters. The van der Waals surface area contributed by atoms with E-state index in [0.29, 0.717) is 9.79 Å². The average molecular weight is 326 g/mol. The lowest BCUT2D eigenvalue weighted by Crippen LogP contribution is -2.01. The molecule has 110 valence electrons. The third-order valence-corrected chi connectivity index (χ3v) is 5.97. The quantitative estimate of drug-likeness (QED) is 0.698. The summed E-state index contributed by atoms with van der Waals surface area (Å²) in [6.45, 7) is 0. The Morgan fingerprint density at radius 1 is 0.545 bits per heavy atom. The Hall–Kier alpha value is -2.04. The Kier molecular flexibility index (Phi) is 4.32. The standard InChI is InChI=1S/C18H14O2S2/c19-22(20,17-9-5-2-6-10-17)18-13-11-16(12-14-18)21-15-7-3-1-4-8-15/h1-14H. The maximum absolute atomic E-state index is 12.5. The summed E-state index contributed by atoms with van der Waals surface area (Å²) in [5.74, 6) is 0. The van der Waals surface area contributed by atoms with Crippen LogP contribution in [0.4, 0.5) is 0 Å². The monoisotopic (exact) mass is 326 g/mol. The van der Waals surface area contributed by atoms with Gasteiger partial charge in [-0.15, -0.1) is 0 Å². The topological polar surface area (TPSA) is 34.1 Å². The van der Waals surface area contributed by atoms with Gasteiger partial charge in [0.25, 0.3) is 0 Å². The molecule has 4 heteroatoms. The molecule has 0 heterocycles. The second-order valence-corrected chi connectivity index (χ2v) is 7.80. The van der Waals surface area contributed by atoms with Crippen molar-refractivity contribution in [2.45, 2.75) is 19.6 Å². The van der Waals surface area contributed by atoms with Gasteiger partial charge in [-0.05, 0) is 48.5 Å². The number of rotatable bonds is 4. The van der Waals surface area contributed by atoms with Crippen molar-refractivity contribution in [2.24, 2.45) is 0 Å². The first-order valence-corrected chi connectivity index (χ1v) is 9.09. The fourth-order valence-electron chi connectivity index (χ4n) is 2.05. The average Bonchev–Trinajstić information content (AvgIpc) is 2.57. The molecule has 0 saturated heterocycles. The summed E-state index contributed by atoms with van der Waals surface area (Å²) in [7, 11) is -3.44. The van der Waals surface area contributed by atoms with Gasteiger partial charge < -0.3 is 0 Å². The zero-order chi connectivity index (χ0) is 15.4. The predicted molar refractivity (Wildman–Crippen MR) is 88.9 cm³/mol. The van der Waals surface area contributed by atoms with E-state index in [2.05, 4.69) is 0 Å². The van der Waals surface area contributed by atoms with E-state index in [1.165, 1.54) is 0 Å². The van der Waals surface area contributed by atoms with Gasteiger partial charge in [-0.1, -0.05) is 48.2 Å². The van der Waals surface area contributed by atoms with Crippen LogP contribution in [0.1, 0.15) is 0 Å². The molecule has 0 aromatic heterocycles. The van der Waals surface area contributed by atoms with Gasteiger partial charge in [-0.2, -0.15) is 0 Å². The first-order valence-electron chi connectivity index (χ1n) is 6.79. The maximum atomic E-state index is 12.5. The van der Waals surface area contributed by atoms with Gasteiger partial charge >= 0.3 is 0 Å².